The summed E-state index contributed by atoms with van der Waals surface area (Å²) in [6.07, 6.45) is 2.35. The fourth-order valence-electron chi connectivity index (χ4n) is 3.31. The van der Waals surface area contributed by atoms with Crippen LogP contribution in [-0.4, -0.2) is 53.4 Å². The molecule has 0 radical (unpaired) electrons. The van der Waals surface area contributed by atoms with Gasteiger partial charge in [-0.05, 0) is 62.0 Å². The average Bonchev–Trinajstić information content (AvgIpc) is 3.07. The summed E-state index contributed by atoms with van der Waals surface area (Å²) in [5, 5.41) is 19.1. The van der Waals surface area contributed by atoms with Gasteiger partial charge in [0.1, 0.15) is 5.82 Å². The largest absolute Gasteiger partial charge is 0.481 e. The van der Waals surface area contributed by atoms with E-state index in [-0.39, 0.29) is 24.9 Å². The van der Waals surface area contributed by atoms with Crippen LogP contribution < -0.4 is 0 Å². The van der Waals surface area contributed by atoms with E-state index in [1.54, 1.807) is 6.07 Å². The van der Waals surface area contributed by atoms with Crippen molar-refractivity contribution in [3.05, 3.63) is 35.1 Å². The van der Waals surface area contributed by atoms with E-state index in [1.807, 2.05) is 6.92 Å². The number of likely N-dealkylation sites (tertiary alicyclic amines) is 1. The molecule has 2 unspecified atom stereocenters. The van der Waals surface area contributed by atoms with Gasteiger partial charge in [-0.15, -0.1) is 0 Å². The van der Waals surface area contributed by atoms with E-state index >= 15 is 0 Å². The number of carboxylic acid groups (broad SMARTS) is 1. The van der Waals surface area contributed by atoms with Gasteiger partial charge in [0.05, 0.1) is 18.8 Å². The van der Waals surface area contributed by atoms with E-state index in [0.29, 0.717) is 24.9 Å². The fraction of sp³-hybridized carbons (Fsp3) is 0.632. The van der Waals surface area contributed by atoms with Gasteiger partial charge in [0.2, 0.25) is 0 Å². The minimum absolute atomic E-state index is 0.00729. The fourth-order valence-corrected chi connectivity index (χ4v) is 3.31. The van der Waals surface area contributed by atoms with Crippen LogP contribution in [0.2, 0.25) is 0 Å². The van der Waals surface area contributed by atoms with E-state index in [4.69, 9.17) is 9.84 Å². The van der Waals surface area contributed by atoms with E-state index in [2.05, 4.69) is 4.90 Å². The van der Waals surface area contributed by atoms with Crippen molar-refractivity contribution < 1.29 is 24.1 Å². The number of aliphatic carboxylic acids is 1. The molecular formula is C19H28FNO4. The number of nitrogens with zero attached hydrogens (tertiary/aromatic N) is 1. The molecule has 0 spiro atoms. The molecule has 2 rings (SSSR count). The van der Waals surface area contributed by atoms with Gasteiger partial charge in [-0.1, -0.05) is 13.0 Å². The molecule has 5 nitrogen and oxygen atoms in total. The SMILES string of the molecule is CCC(OCC(O)CN1CCCC1)c1cc(F)ccc1CCC(=O)O. The molecule has 1 aromatic rings. The average molecular weight is 353 g/mol. The van der Waals surface area contributed by atoms with E-state index < -0.39 is 12.1 Å². The van der Waals surface area contributed by atoms with Gasteiger partial charge in [0.15, 0.2) is 0 Å². The first-order valence-corrected chi connectivity index (χ1v) is 9.01. The molecule has 1 aliphatic rings. The quantitative estimate of drug-likeness (QED) is 0.677. The van der Waals surface area contributed by atoms with Crippen molar-refractivity contribution in [2.45, 2.75) is 51.2 Å². The number of aliphatic hydroxyl groups is 1. The molecule has 0 bridgehead atoms. The maximum Gasteiger partial charge on any atom is 0.303 e. The van der Waals surface area contributed by atoms with Crippen molar-refractivity contribution in [3.63, 3.8) is 0 Å². The highest BCUT2D eigenvalue weighted by molar-refractivity contribution is 5.67. The number of aryl methyl sites for hydroxylation is 1. The third kappa shape index (κ3) is 6.38. The van der Waals surface area contributed by atoms with Crippen LogP contribution in [0.25, 0.3) is 0 Å². The van der Waals surface area contributed by atoms with Crippen molar-refractivity contribution in [1.29, 1.82) is 0 Å². The third-order valence-corrected chi connectivity index (χ3v) is 4.59. The predicted octanol–water partition coefficient (Wildman–Crippen LogP) is 2.77. The number of hydrogen-bond donors (Lipinski definition) is 2. The van der Waals surface area contributed by atoms with E-state index in [1.165, 1.54) is 25.0 Å². The van der Waals surface area contributed by atoms with Crippen LogP contribution in [-0.2, 0) is 16.0 Å². The van der Waals surface area contributed by atoms with Crippen LogP contribution in [0, 0.1) is 5.82 Å². The highest BCUT2D eigenvalue weighted by atomic mass is 19.1. The molecule has 1 aliphatic heterocycles. The van der Waals surface area contributed by atoms with Crippen LogP contribution in [0.3, 0.4) is 0 Å². The number of halogens is 1. The molecule has 1 fully saturated rings. The number of aliphatic hydroxyl groups excluding tert-OH is 1. The Labute approximate surface area is 148 Å². The lowest BCUT2D eigenvalue weighted by molar-refractivity contribution is -0.136. The van der Waals surface area contributed by atoms with E-state index in [0.717, 1.165) is 18.7 Å². The van der Waals surface area contributed by atoms with Crippen LogP contribution in [0.4, 0.5) is 4.39 Å². The lowest BCUT2D eigenvalue weighted by Crippen LogP contribution is -2.33. The maximum absolute atomic E-state index is 13.7. The summed E-state index contributed by atoms with van der Waals surface area (Å²) in [4.78, 5) is 13.0. The van der Waals surface area contributed by atoms with Crippen molar-refractivity contribution in [2.75, 3.05) is 26.2 Å². The summed E-state index contributed by atoms with van der Waals surface area (Å²) in [5.41, 5.74) is 1.46. The summed E-state index contributed by atoms with van der Waals surface area (Å²) < 4.78 is 19.5. The zero-order valence-electron chi connectivity index (χ0n) is 14.8. The first-order valence-electron chi connectivity index (χ1n) is 9.01. The zero-order valence-corrected chi connectivity index (χ0v) is 14.8. The number of hydrogen-bond acceptors (Lipinski definition) is 4. The summed E-state index contributed by atoms with van der Waals surface area (Å²) >= 11 is 0. The highest BCUT2D eigenvalue weighted by Crippen LogP contribution is 2.27. The molecule has 0 aliphatic carbocycles. The Kier molecular flexibility index (Phi) is 7.81. The highest BCUT2D eigenvalue weighted by Gasteiger charge is 2.20. The molecule has 0 saturated carbocycles. The van der Waals surface area contributed by atoms with Gasteiger partial charge in [-0.3, -0.25) is 4.79 Å². The number of carbonyl (C=O) groups is 1. The second-order valence-electron chi connectivity index (χ2n) is 6.63. The third-order valence-electron chi connectivity index (χ3n) is 4.59. The predicted molar refractivity (Wildman–Crippen MR) is 93.0 cm³/mol. The molecule has 0 amide bonds. The van der Waals surface area contributed by atoms with Crippen LogP contribution in [0.5, 0.6) is 0 Å². The normalized spacial score (nSPS) is 17.6. The monoisotopic (exact) mass is 353 g/mol. The number of rotatable bonds is 10. The smallest absolute Gasteiger partial charge is 0.303 e. The van der Waals surface area contributed by atoms with Crippen LogP contribution in [0.1, 0.15) is 49.8 Å². The van der Waals surface area contributed by atoms with Crippen molar-refractivity contribution in [2.24, 2.45) is 0 Å². The maximum atomic E-state index is 13.7. The molecule has 140 valence electrons. The Balaban J connectivity index is 1.97. The number of carboxylic acids is 1. The summed E-state index contributed by atoms with van der Waals surface area (Å²) in [6.45, 7) is 4.73. The minimum atomic E-state index is -0.884. The minimum Gasteiger partial charge on any atom is -0.481 e. The summed E-state index contributed by atoms with van der Waals surface area (Å²) in [7, 11) is 0. The standard InChI is InChI=1S/C19H28FNO4/c1-2-18(25-13-16(22)12-21-9-3-4-10-21)17-11-15(20)7-5-14(17)6-8-19(23)24/h5,7,11,16,18,22H,2-4,6,8-10,12-13H2,1H3,(H,23,24). The Bertz CT molecular complexity index is 560. The Hall–Kier alpha value is -1.50. The molecule has 1 aromatic carbocycles. The van der Waals surface area contributed by atoms with Crippen LogP contribution in [0.15, 0.2) is 18.2 Å². The van der Waals surface area contributed by atoms with E-state index in [9.17, 15) is 14.3 Å². The first-order chi connectivity index (χ1) is 12.0. The zero-order chi connectivity index (χ0) is 18.2. The Morgan fingerprint density at radius 3 is 2.72 bits per heavy atom. The van der Waals surface area contributed by atoms with Gasteiger partial charge in [0.25, 0.3) is 0 Å². The summed E-state index contributed by atoms with van der Waals surface area (Å²) in [5.74, 6) is -1.25. The lowest BCUT2D eigenvalue weighted by atomic mass is 9.97. The molecule has 6 heteroatoms. The molecular weight excluding hydrogens is 325 g/mol. The number of ether oxygens (including phenoxy) is 1. The Morgan fingerprint density at radius 2 is 2.08 bits per heavy atom. The molecule has 1 heterocycles. The van der Waals surface area contributed by atoms with Gasteiger partial charge in [-0.2, -0.15) is 0 Å². The van der Waals surface area contributed by atoms with Crippen molar-refractivity contribution >= 4 is 5.97 Å². The molecule has 2 N–H and O–H groups in total. The molecule has 2 atom stereocenters. The molecule has 25 heavy (non-hydrogen) atoms. The van der Waals surface area contributed by atoms with Gasteiger partial charge in [-0.25, -0.2) is 4.39 Å². The van der Waals surface area contributed by atoms with Gasteiger partial charge >= 0.3 is 5.97 Å². The van der Waals surface area contributed by atoms with Gasteiger partial charge < -0.3 is 19.8 Å². The van der Waals surface area contributed by atoms with Crippen molar-refractivity contribution in [3.8, 4) is 0 Å². The molecule has 0 aromatic heterocycles. The van der Waals surface area contributed by atoms with Crippen LogP contribution >= 0.6 is 0 Å². The second-order valence-corrected chi connectivity index (χ2v) is 6.63. The first kappa shape index (κ1) is 19.8. The lowest BCUT2D eigenvalue weighted by Gasteiger charge is -2.24. The van der Waals surface area contributed by atoms with Gasteiger partial charge in [0, 0.05) is 13.0 Å². The molecule has 1 saturated heterocycles. The second kappa shape index (κ2) is 9.85. The number of β-amino-alcohol motifs (C(OH)–C–C–N with tert-alkyl or cyclic N) is 1. The van der Waals surface area contributed by atoms with Crippen molar-refractivity contribution in [1.82, 2.24) is 4.90 Å². The number of benzene rings is 1. The topological polar surface area (TPSA) is 70.0 Å². The Morgan fingerprint density at radius 1 is 1.36 bits per heavy atom. The summed E-state index contributed by atoms with van der Waals surface area (Å²) in [6, 6.07) is 4.38.